The van der Waals surface area contributed by atoms with Gasteiger partial charge in [0, 0.05) is 63.4 Å². The number of urea groups is 1. The maximum atomic E-state index is 11.7. The fourth-order valence-electron chi connectivity index (χ4n) is 3.37. The molecular weight excluding hydrogens is 338 g/mol. The summed E-state index contributed by atoms with van der Waals surface area (Å²) in [7, 11) is 3.54. The van der Waals surface area contributed by atoms with E-state index in [1.807, 2.05) is 12.1 Å². The second-order valence-corrected chi connectivity index (χ2v) is 7.36. The highest BCUT2D eigenvalue weighted by Gasteiger charge is 2.37. The van der Waals surface area contributed by atoms with E-state index in [0.717, 1.165) is 40.4 Å². The highest BCUT2D eigenvalue weighted by Crippen LogP contribution is 2.39. The molecule has 1 aromatic heterocycles. The van der Waals surface area contributed by atoms with E-state index in [-0.39, 0.29) is 11.6 Å². The number of hydrogen-bond donors (Lipinski definition) is 1. The average molecular weight is 359 g/mol. The molecule has 1 aromatic carbocycles. The van der Waals surface area contributed by atoms with Crippen LogP contribution in [0.5, 0.6) is 0 Å². The molecular formula is C18H21N3O3S. The molecule has 2 amide bonds. The molecule has 2 aromatic rings. The van der Waals surface area contributed by atoms with Crippen molar-refractivity contribution in [2.45, 2.75) is 25.0 Å². The first-order valence-corrected chi connectivity index (χ1v) is 9.23. The van der Waals surface area contributed by atoms with Crippen LogP contribution in [-0.2, 0) is 21.6 Å². The third-order valence-corrected chi connectivity index (χ3v) is 6.01. The van der Waals surface area contributed by atoms with Crippen molar-refractivity contribution in [2.24, 2.45) is 0 Å². The Morgan fingerprint density at radius 2 is 2.16 bits per heavy atom. The minimum absolute atomic E-state index is 0.0715. The van der Waals surface area contributed by atoms with Gasteiger partial charge in [-0.1, -0.05) is 6.07 Å². The summed E-state index contributed by atoms with van der Waals surface area (Å²) < 4.78 is 11.3. The molecule has 6 nitrogen and oxygen atoms in total. The van der Waals surface area contributed by atoms with Crippen LogP contribution in [0.4, 0.5) is 10.5 Å². The lowest BCUT2D eigenvalue weighted by Gasteiger charge is -2.33. The molecule has 0 unspecified atom stereocenters. The number of hydrogen-bond acceptors (Lipinski definition) is 5. The maximum Gasteiger partial charge on any atom is 0.321 e. The molecule has 1 fully saturated rings. The summed E-state index contributed by atoms with van der Waals surface area (Å²) in [6.45, 7) is 2.01. The third kappa shape index (κ3) is 2.92. The summed E-state index contributed by atoms with van der Waals surface area (Å²) in [5.41, 5.74) is 3.65. The molecule has 7 heteroatoms. The molecule has 0 aliphatic carbocycles. The lowest BCUT2D eigenvalue weighted by atomic mass is 9.95. The minimum atomic E-state index is -0.330. The number of fused-ring (bicyclic) bond motifs is 1. The van der Waals surface area contributed by atoms with Crippen molar-refractivity contribution in [3.63, 3.8) is 0 Å². The quantitative estimate of drug-likeness (QED) is 0.912. The Morgan fingerprint density at radius 1 is 1.36 bits per heavy atom. The van der Waals surface area contributed by atoms with Crippen molar-refractivity contribution in [3.8, 4) is 11.3 Å². The normalized spacial score (nSPS) is 19.4. The Morgan fingerprint density at radius 3 is 2.92 bits per heavy atom. The molecule has 0 radical (unpaired) electrons. The molecule has 0 spiro atoms. The van der Waals surface area contributed by atoms with Crippen LogP contribution in [0.25, 0.3) is 11.3 Å². The van der Waals surface area contributed by atoms with Gasteiger partial charge < -0.3 is 19.7 Å². The van der Waals surface area contributed by atoms with E-state index in [1.165, 1.54) is 0 Å². The largest absolute Gasteiger partial charge is 0.381 e. The van der Waals surface area contributed by atoms with Gasteiger partial charge in [0.1, 0.15) is 10.6 Å². The number of anilines is 1. The first-order valence-electron chi connectivity index (χ1n) is 8.36. The molecule has 0 saturated carbocycles. The summed E-state index contributed by atoms with van der Waals surface area (Å²) >= 11 is 1.64. The standard InChI is InChI=1S/C18H21N3O3S/c1-21-10-13-9-12(3-4-14(13)20-17(21)22)15-11-25-16(19-15)18(23-2)5-7-24-8-6-18/h3-4,9,11H,5-8,10H2,1-2H3,(H,20,22). The predicted molar refractivity (Wildman–Crippen MR) is 96.8 cm³/mol. The van der Waals surface area contributed by atoms with Gasteiger partial charge in [0.15, 0.2) is 0 Å². The van der Waals surface area contributed by atoms with E-state index in [0.29, 0.717) is 19.8 Å². The van der Waals surface area contributed by atoms with Gasteiger partial charge in [-0.2, -0.15) is 0 Å². The van der Waals surface area contributed by atoms with Crippen LogP contribution < -0.4 is 5.32 Å². The first kappa shape index (κ1) is 16.5. The van der Waals surface area contributed by atoms with Crippen LogP contribution in [0.15, 0.2) is 23.6 Å². The van der Waals surface area contributed by atoms with Gasteiger partial charge in [-0.25, -0.2) is 9.78 Å². The Labute approximate surface area is 150 Å². The Balaban J connectivity index is 1.64. The maximum absolute atomic E-state index is 11.7. The number of carbonyl (C=O) groups excluding carboxylic acids is 1. The summed E-state index contributed by atoms with van der Waals surface area (Å²) in [4.78, 5) is 18.3. The van der Waals surface area contributed by atoms with Crippen LogP contribution in [0.1, 0.15) is 23.4 Å². The molecule has 25 heavy (non-hydrogen) atoms. The number of methoxy groups -OCH3 is 1. The third-order valence-electron chi connectivity index (χ3n) is 4.98. The molecule has 0 bridgehead atoms. The molecule has 3 heterocycles. The van der Waals surface area contributed by atoms with Crippen LogP contribution in [0.2, 0.25) is 0 Å². The highest BCUT2D eigenvalue weighted by molar-refractivity contribution is 7.10. The fraction of sp³-hybridized carbons (Fsp3) is 0.444. The van der Waals surface area contributed by atoms with E-state index in [1.54, 1.807) is 30.4 Å². The number of carbonyl (C=O) groups is 1. The van der Waals surface area contributed by atoms with Crippen LogP contribution in [0, 0.1) is 0 Å². The summed E-state index contributed by atoms with van der Waals surface area (Å²) in [5, 5.41) is 5.99. The number of rotatable bonds is 3. The van der Waals surface area contributed by atoms with E-state index in [9.17, 15) is 4.79 Å². The lowest BCUT2D eigenvalue weighted by Crippen LogP contribution is -2.35. The SMILES string of the molecule is COC1(c2nc(-c3ccc4c(c3)CN(C)C(=O)N4)cs2)CCOCC1. The molecule has 4 rings (SSSR count). The number of ether oxygens (including phenoxy) is 2. The van der Waals surface area contributed by atoms with Crippen LogP contribution >= 0.6 is 11.3 Å². The van der Waals surface area contributed by atoms with E-state index in [2.05, 4.69) is 16.8 Å². The second-order valence-electron chi connectivity index (χ2n) is 6.51. The zero-order chi connectivity index (χ0) is 17.4. The van der Waals surface area contributed by atoms with E-state index < -0.39 is 0 Å². The molecule has 2 aliphatic rings. The lowest BCUT2D eigenvalue weighted by molar-refractivity contribution is -0.0947. The van der Waals surface area contributed by atoms with Gasteiger partial charge in [-0.3, -0.25) is 0 Å². The number of aromatic nitrogens is 1. The first-order chi connectivity index (χ1) is 12.1. The number of nitrogens with one attached hydrogen (secondary N) is 1. The highest BCUT2D eigenvalue weighted by atomic mass is 32.1. The minimum Gasteiger partial charge on any atom is -0.381 e. The number of amides is 2. The van der Waals surface area contributed by atoms with Gasteiger partial charge in [0.2, 0.25) is 0 Å². The molecule has 1 saturated heterocycles. The van der Waals surface area contributed by atoms with Gasteiger partial charge in [0.05, 0.1) is 5.69 Å². The zero-order valence-electron chi connectivity index (χ0n) is 14.4. The van der Waals surface area contributed by atoms with E-state index in [4.69, 9.17) is 14.5 Å². The van der Waals surface area contributed by atoms with Crippen molar-refractivity contribution in [1.29, 1.82) is 0 Å². The van der Waals surface area contributed by atoms with Crippen LogP contribution in [0.3, 0.4) is 0 Å². The van der Waals surface area contributed by atoms with Gasteiger partial charge in [-0.05, 0) is 17.7 Å². The topological polar surface area (TPSA) is 63.7 Å². The number of nitrogens with zero attached hydrogens (tertiary/aromatic N) is 2. The molecule has 0 atom stereocenters. The average Bonchev–Trinajstić information content (AvgIpc) is 3.14. The Kier molecular flexibility index (Phi) is 4.23. The van der Waals surface area contributed by atoms with Crippen molar-refractivity contribution in [2.75, 3.05) is 32.7 Å². The summed E-state index contributed by atoms with van der Waals surface area (Å²) in [5.74, 6) is 0. The fourth-order valence-corrected chi connectivity index (χ4v) is 4.43. The monoisotopic (exact) mass is 359 g/mol. The zero-order valence-corrected chi connectivity index (χ0v) is 15.2. The van der Waals surface area contributed by atoms with Crippen molar-refractivity contribution in [3.05, 3.63) is 34.2 Å². The Hall–Kier alpha value is -1.96. The number of benzene rings is 1. The van der Waals surface area contributed by atoms with Crippen molar-refractivity contribution >= 4 is 23.1 Å². The molecule has 2 aliphatic heterocycles. The van der Waals surface area contributed by atoms with Crippen molar-refractivity contribution in [1.82, 2.24) is 9.88 Å². The van der Waals surface area contributed by atoms with Crippen LogP contribution in [-0.4, -0.2) is 43.3 Å². The van der Waals surface area contributed by atoms with Gasteiger partial charge in [-0.15, -0.1) is 11.3 Å². The predicted octanol–water partition coefficient (Wildman–Crippen LogP) is 3.44. The Bertz CT molecular complexity index is 799. The summed E-state index contributed by atoms with van der Waals surface area (Å²) in [6, 6.07) is 5.99. The smallest absolute Gasteiger partial charge is 0.321 e. The van der Waals surface area contributed by atoms with Crippen molar-refractivity contribution < 1.29 is 14.3 Å². The van der Waals surface area contributed by atoms with Gasteiger partial charge >= 0.3 is 6.03 Å². The number of thiazole rings is 1. The summed E-state index contributed by atoms with van der Waals surface area (Å²) in [6.07, 6.45) is 1.66. The molecule has 132 valence electrons. The van der Waals surface area contributed by atoms with E-state index >= 15 is 0 Å². The molecule has 1 N–H and O–H groups in total. The van der Waals surface area contributed by atoms with Gasteiger partial charge in [0.25, 0.3) is 0 Å². The second kappa shape index (κ2) is 6.40.